The predicted octanol–water partition coefficient (Wildman–Crippen LogP) is 3.79. The van der Waals surface area contributed by atoms with Crippen LogP contribution in [-0.2, 0) is 0 Å². The quantitative estimate of drug-likeness (QED) is 0.339. The van der Waals surface area contributed by atoms with E-state index in [0.717, 1.165) is 10.1 Å². The largest absolute Gasteiger partial charge is 0.494 e. The summed E-state index contributed by atoms with van der Waals surface area (Å²) in [5, 5.41) is 16.0. The topological polar surface area (TPSA) is 102 Å². The number of amides is 1. The molecule has 0 aliphatic heterocycles. The average molecular weight is 457 g/mol. The Morgan fingerprint density at radius 3 is 2.32 bits per heavy atom. The lowest BCUT2D eigenvalue weighted by Crippen LogP contribution is -2.21. The summed E-state index contributed by atoms with van der Waals surface area (Å²) >= 11 is 0. The fourth-order valence-electron chi connectivity index (χ4n) is 3.62. The maximum Gasteiger partial charge on any atom is 0.271 e. The van der Waals surface area contributed by atoms with Gasteiger partial charge in [0.15, 0.2) is 11.5 Å². The monoisotopic (exact) mass is 457 g/mol. The Morgan fingerprint density at radius 2 is 1.65 bits per heavy atom. The van der Waals surface area contributed by atoms with Gasteiger partial charge < -0.3 is 14.6 Å². The Balaban J connectivity index is 1.80. The first-order valence-electron chi connectivity index (χ1n) is 10.4. The Hall–Kier alpha value is -4.59. The van der Waals surface area contributed by atoms with Crippen LogP contribution in [0.1, 0.15) is 21.5 Å². The van der Waals surface area contributed by atoms with Crippen molar-refractivity contribution in [3.63, 3.8) is 0 Å². The van der Waals surface area contributed by atoms with Gasteiger partial charge in [-0.2, -0.15) is 5.10 Å². The van der Waals surface area contributed by atoms with Gasteiger partial charge in [0.25, 0.3) is 11.5 Å². The van der Waals surface area contributed by atoms with Crippen LogP contribution in [0.4, 0.5) is 0 Å². The van der Waals surface area contributed by atoms with Crippen molar-refractivity contribution in [2.75, 3.05) is 14.2 Å². The molecule has 8 heteroatoms. The number of benzene rings is 3. The Morgan fingerprint density at radius 1 is 0.971 bits per heavy atom. The molecule has 1 amide bonds. The van der Waals surface area contributed by atoms with Gasteiger partial charge in [-0.1, -0.05) is 35.9 Å². The third-order valence-electron chi connectivity index (χ3n) is 5.40. The van der Waals surface area contributed by atoms with Crippen molar-refractivity contribution in [2.45, 2.75) is 6.92 Å². The number of methoxy groups -OCH3 is 2. The van der Waals surface area contributed by atoms with Crippen LogP contribution < -0.4 is 20.5 Å². The Bertz CT molecular complexity index is 1460. The molecule has 1 heterocycles. The fourth-order valence-corrected chi connectivity index (χ4v) is 3.62. The van der Waals surface area contributed by atoms with Crippen LogP contribution in [0.15, 0.2) is 76.6 Å². The zero-order valence-corrected chi connectivity index (χ0v) is 18.9. The SMILES string of the molecule is COc1ccc(-n2c(O)c(C=NNC(=O)c3ccc(C)cc3)c3ccccc3c2=O)cc1OC. The summed E-state index contributed by atoms with van der Waals surface area (Å²) in [6.07, 6.45) is 1.32. The minimum absolute atomic E-state index is 0.272. The maximum absolute atomic E-state index is 13.3. The Kier molecular flexibility index (Phi) is 6.31. The average Bonchev–Trinajstić information content (AvgIpc) is 2.86. The molecule has 172 valence electrons. The molecule has 0 unspecified atom stereocenters. The van der Waals surface area contributed by atoms with Crippen LogP contribution in [0.2, 0.25) is 0 Å². The van der Waals surface area contributed by atoms with Crippen molar-refractivity contribution in [1.29, 1.82) is 0 Å². The minimum Gasteiger partial charge on any atom is -0.494 e. The second-order valence-electron chi connectivity index (χ2n) is 7.53. The van der Waals surface area contributed by atoms with E-state index in [1.54, 1.807) is 54.6 Å². The number of nitrogens with zero attached hydrogens (tertiary/aromatic N) is 2. The van der Waals surface area contributed by atoms with E-state index in [4.69, 9.17) is 9.47 Å². The third kappa shape index (κ3) is 4.21. The standard InChI is InChI=1S/C26H23N3O5/c1-16-8-10-17(11-9-16)24(30)28-27-15-21-19-6-4-5-7-20(19)25(31)29(26(21)32)18-12-13-22(33-2)23(14-18)34-3/h4-15,32H,1-3H3,(H,28,30). The number of carbonyl (C=O) groups is 1. The van der Waals surface area contributed by atoms with Gasteiger partial charge in [0.1, 0.15) is 0 Å². The number of fused-ring (bicyclic) bond motifs is 1. The lowest BCUT2D eigenvalue weighted by atomic mass is 10.1. The molecule has 2 N–H and O–H groups in total. The van der Waals surface area contributed by atoms with Crippen molar-refractivity contribution in [2.24, 2.45) is 5.10 Å². The molecule has 0 atom stereocenters. The molecular weight excluding hydrogens is 434 g/mol. The van der Waals surface area contributed by atoms with Crippen molar-refractivity contribution in [3.05, 3.63) is 93.8 Å². The number of hydrogen-bond donors (Lipinski definition) is 2. The van der Waals surface area contributed by atoms with Crippen LogP contribution in [0.25, 0.3) is 16.5 Å². The van der Waals surface area contributed by atoms with Crippen LogP contribution >= 0.6 is 0 Å². The van der Waals surface area contributed by atoms with Gasteiger partial charge in [-0.25, -0.2) is 9.99 Å². The van der Waals surface area contributed by atoms with Gasteiger partial charge in [-0.15, -0.1) is 0 Å². The summed E-state index contributed by atoms with van der Waals surface area (Å²) < 4.78 is 11.8. The fraction of sp³-hybridized carbons (Fsp3) is 0.115. The summed E-state index contributed by atoms with van der Waals surface area (Å²) in [7, 11) is 3.00. The zero-order valence-electron chi connectivity index (χ0n) is 18.9. The molecule has 8 nitrogen and oxygen atoms in total. The summed E-state index contributed by atoms with van der Waals surface area (Å²) in [6, 6.07) is 18.8. The first kappa shape index (κ1) is 22.6. The highest BCUT2D eigenvalue weighted by Crippen LogP contribution is 2.32. The van der Waals surface area contributed by atoms with Gasteiger partial charge in [0, 0.05) is 22.4 Å². The summed E-state index contributed by atoms with van der Waals surface area (Å²) in [6.45, 7) is 1.93. The second kappa shape index (κ2) is 9.50. The number of ether oxygens (including phenoxy) is 2. The smallest absolute Gasteiger partial charge is 0.271 e. The van der Waals surface area contributed by atoms with E-state index < -0.39 is 11.5 Å². The first-order chi connectivity index (χ1) is 16.4. The number of aryl methyl sites for hydroxylation is 1. The van der Waals surface area contributed by atoms with Gasteiger partial charge >= 0.3 is 0 Å². The number of nitrogens with one attached hydrogen (secondary N) is 1. The van der Waals surface area contributed by atoms with E-state index in [2.05, 4.69) is 10.5 Å². The van der Waals surface area contributed by atoms with E-state index >= 15 is 0 Å². The van der Waals surface area contributed by atoms with Crippen molar-refractivity contribution >= 4 is 22.9 Å². The first-order valence-corrected chi connectivity index (χ1v) is 10.4. The molecule has 0 saturated heterocycles. The van der Waals surface area contributed by atoms with E-state index in [9.17, 15) is 14.7 Å². The molecule has 0 bridgehead atoms. The van der Waals surface area contributed by atoms with Gasteiger partial charge in [0.2, 0.25) is 5.88 Å². The van der Waals surface area contributed by atoms with Crippen LogP contribution in [0.5, 0.6) is 17.4 Å². The lowest BCUT2D eigenvalue weighted by Gasteiger charge is -2.15. The van der Waals surface area contributed by atoms with Gasteiger partial charge in [-0.05, 0) is 37.3 Å². The number of rotatable bonds is 6. The highest BCUT2D eigenvalue weighted by Gasteiger charge is 2.18. The minimum atomic E-state index is -0.416. The van der Waals surface area contributed by atoms with Crippen molar-refractivity contribution < 1.29 is 19.4 Å². The third-order valence-corrected chi connectivity index (χ3v) is 5.40. The number of carbonyl (C=O) groups excluding carboxylic acids is 1. The molecule has 0 fully saturated rings. The zero-order chi connectivity index (χ0) is 24.2. The molecule has 4 aromatic rings. The number of hydrogen-bond acceptors (Lipinski definition) is 6. The van der Waals surface area contributed by atoms with Crippen molar-refractivity contribution in [3.8, 4) is 23.1 Å². The van der Waals surface area contributed by atoms with Crippen LogP contribution in [-0.4, -0.2) is 36.0 Å². The van der Waals surface area contributed by atoms with Gasteiger partial charge in [0.05, 0.1) is 31.7 Å². The number of hydrazone groups is 1. The molecule has 0 saturated carbocycles. The lowest BCUT2D eigenvalue weighted by molar-refractivity contribution is 0.0955. The highest BCUT2D eigenvalue weighted by atomic mass is 16.5. The van der Waals surface area contributed by atoms with E-state index in [1.165, 1.54) is 20.4 Å². The molecule has 0 aliphatic rings. The summed E-state index contributed by atoms with van der Waals surface area (Å²) in [4.78, 5) is 25.7. The highest BCUT2D eigenvalue weighted by molar-refractivity contribution is 6.02. The summed E-state index contributed by atoms with van der Waals surface area (Å²) in [5.41, 5.74) is 4.18. The predicted molar refractivity (Wildman–Crippen MR) is 131 cm³/mol. The molecule has 0 aliphatic carbocycles. The molecule has 1 aromatic heterocycles. The normalized spacial score (nSPS) is 11.0. The molecular formula is C26H23N3O5. The summed E-state index contributed by atoms with van der Waals surface area (Å²) in [5.74, 6) is 0.165. The molecule has 4 rings (SSSR count). The second-order valence-corrected chi connectivity index (χ2v) is 7.53. The molecule has 34 heavy (non-hydrogen) atoms. The molecule has 3 aromatic carbocycles. The molecule has 0 spiro atoms. The van der Waals surface area contributed by atoms with E-state index in [0.29, 0.717) is 33.5 Å². The Labute approximate surface area is 195 Å². The van der Waals surface area contributed by atoms with E-state index in [-0.39, 0.29) is 11.4 Å². The van der Waals surface area contributed by atoms with Crippen molar-refractivity contribution in [1.82, 2.24) is 9.99 Å². The van der Waals surface area contributed by atoms with Crippen LogP contribution in [0.3, 0.4) is 0 Å². The van der Waals surface area contributed by atoms with Gasteiger partial charge in [-0.3, -0.25) is 9.59 Å². The number of pyridine rings is 1. The number of aromatic hydroxyl groups is 1. The maximum atomic E-state index is 13.3. The van der Waals surface area contributed by atoms with Crippen LogP contribution in [0, 0.1) is 6.92 Å². The molecule has 0 radical (unpaired) electrons. The number of aromatic nitrogens is 1. The van der Waals surface area contributed by atoms with E-state index in [1.807, 2.05) is 19.1 Å².